The van der Waals surface area contributed by atoms with E-state index in [1.54, 1.807) is 0 Å². The third-order valence-electron chi connectivity index (χ3n) is 1.82. The van der Waals surface area contributed by atoms with E-state index in [4.69, 9.17) is 0 Å². The molecule has 0 nitrogen and oxygen atoms in total. The fourth-order valence-corrected chi connectivity index (χ4v) is 1.04. The van der Waals surface area contributed by atoms with Crippen LogP contribution in [0, 0.1) is 5.92 Å². The second kappa shape index (κ2) is 7.33. The largest absolute Gasteiger partial charge is 0.103 e. The van der Waals surface area contributed by atoms with Gasteiger partial charge < -0.3 is 0 Å². The molecular formula is C11H18. The lowest BCUT2D eigenvalue weighted by Crippen LogP contribution is -1.94. The SMILES string of the molecule is C=CCCC(C=C)CCC=C. The summed E-state index contributed by atoms with van der Waals surface area (Å²) >= 11 is 0. The van der Waals surface area contributed by atoms with Gasteiger partial charge in [0.2, 0.25) is 0 Å². The van der Waals surface area contributed by atoms with Gasteiger partial charge in [0, 0.05) is 0 Å². The zero-order chi connectivity index (χ0) is 8.53. The van der Waals surface area contributed by atoms with Crippen molar-refractivity contribution in [2.75, 3.05) is 0 Å². The smallest absolute Gasteiger partial charge is 0.0230 e. The third-order valence-corrected chi connectivity index (χ3v) is 1.82. The maximum absolute atomic E-state index is 3.80. The average molecular weight is 150 g/mol. The average Bonchev–Trinajstić information content (AvgIpc) is 2.05. The summed E-state index contributed by atoms with van der Waals surface area (Å²) in [5, 5.41) is 0. The normalized spacial score (nSPS) is 9.55. The minimum atomic E-state index is 0.644. The Morgan fingerprint density at radius 1 is 0.909 bits per heavy atom. The summed E-state index contributed by atoms with van der Waals surface area (Å²) in [7, 11) is 0. The molecule has 0 heteroatoms. The molecule has 0 radical (unpaired) electrons. The second-order valence-electron chi connectivity index (χ2n) is 2.73. The maximum atomic E-state index is 3.80. The molecule has 0 N–H and O–H groups in total. The summed E-state index contributed by atoms with van der Waals surface area (Å²) in [6.07, 6.45) is 10.5. The monoisotopic (exact) mass is 150 g/mol. The summed E-state index contributed by atoms with van der Waals surface area (Å²) in [6, 6.07) is 0. The van der Waals surface area contributed by atoms with Crippen LogP contribution in [-0.2, 0) is 0 Å². The summed E-state index contributed by atoms with van der Waals surface area (Å²) in [4.78, 5) is 0. The van der Waals surface area contributed by atoms with Gasteiger partial charge in [-0.15, -0.1) is 19.7 Å². The molecule has 0 saturated heterocycles. The van der Waals surface area contributed by atoms with E-state index < -0.39 is 0 Å². The molecule has 0 rings (SSSR count). The topological polar surface area (TPSA) is 0 Å². The molecule has 0 saturated carbocycles. The molecule has 0 fully saturated rings. The van der Waals surface area contributed by atoms with Gasteiger partial charge in [0.1, 0.15) is 0 Å². The highest BCUT2D eigenvalue weighted by atomic mass is 14.1. The van der Waals surface area contributed by atoms with Crippen molar-refractivity contribution >= 4 is 0 Å². The molecular weight excluding hydrogens is 132 g/mol. The van der Waals surface area contributed by atoms with Gasteiger partial charge in [-0.05, 0) is 31.6 Å². The van der Waals surface area contributed by atoms with Crippen molar-refractivity contribution in [3.63, 3.8) is 0 Å². The molecule has 0 spiro atoms. The Morgan fingerprint density at radius 2 is 1.36 bits per heavy atom. The predicted octanol–water partition coefficient (Wildman–Crippen LogP) is 3.72. The zero-order valence-electron chi connectivity index (χ0n) is 7.26. The predicted molar refractivity (Wildman–Crippen MR) is 52.5 cm³/mol. The molecule has 62 valence electrons. The third kappa shape index (κ3) is 5.65. The molecule has 0 aromatic carbocycles. The van der Waals surface area contributed by atoms with Gasteiger partial charge in [-0.25, -0.2) is 0 Å². The van der Waals surface area contributed by atoms with Crippen LogP contribution in [0.25, 0.3) is 0 Å². The summed E-state index contributed by atoms with van der Waals surface area (Å²) in [6.45, 7) is 11.2. The van der Waals surface area contributed by atoms with Crippen LogP contribution in [0.15, 0.2) is 38.0 Å². The van der Waals surface area contributed by atoms with E-state index in [0.29, 0.717) is 5.92 Å². The molecule has 0 aliphatic rings. The number of hydrogen-bond acceptors (Lipinski definition) is 0. The minimum Gasteiger partial charge on any atom is -0.103 e. The van der Waals surface area contributed by atoms with E-state index in [-0.39, 0.29) is 0 Å². The fourth-order valence-electron chi connectivity index (χ4n) is 1.04. The maximum Gasteiger partial charge on any atom is -0.0230 e. The van der Waals surface area contributed by atoms with Crippen molar-refractivity contribution in [2.24, 2.45) is 5.92 Å². The lowest BCUT2D eigenvalue weighted by Gasteiger charge is -2.08. The van der Waals surface area contributed by atoms with Crippen molar-refractivity contribution < 1.29 is 0 Å². The molecule has 0 aromatic rings. The lowest BCUT2D eigenvalue weighted by molar-refractivity contribution is 0.557. The van der Waals surface area contributed by atoms with Crippen LogP contribution in [0.3, 0.4) is 0 Å². The standard InChI is InChI=1S/C11H18/c1-4-7-9-11(6-3)10-8-5-2/h4-6,11H,1-3,7-10H2. The molecule has 0 aliphatic carbocycles. The molecule has 0 atom stereocenters. The highest BCUT2D eigenvalue weighted by Crippen LogP contribution is 2.14. The highest BCUT2D eigenvalue weighted by Gasteiger charge is 2.00. The highest BCUT2D eigenvalue weighted by molar-refractivity contribution is 4.83. The van der Waals surface area contributed by atoms with Crippen molar-refractivity contribution in [3.8, 4) is 0 Å². The quantitative estimate of drug-likeness (QED) is 0.485. The van der Waals surface area contributed by atoms with Gasteiger partial charge in [0.15, 0.2) is 0 Å². The van der Waals surface area contributed by atoms with Gasteiger partial charge in [-0.3, -0.25) is 0 Å². The van der Waals surface area contributed by atoms with E-state index in [0.717, 1.165) is 12.8 Å². The first-order valence-corrected chi connectivity index (χ1v) is 4.19. The Kier molecular flexibility index (Phi) is 6.81. The number of rotatable bonds is 7. The zero-order valence-corrected chi connectivity index (χ0v) is 7.26. The Balaban J connectivity index is 3.47. The Labute approximate surface area is 70.3 Å². The second-order valence-corrected chi connectivity index (χ2v) is 2.73. The van der Waals surface area contributed by atoms with Crippen LogP contribution in [0.2, 0.25) is 0 Å². The van der Waals surface area contributed by atoms with Crippen LogP contribution < -0.4 is 0 Å². The molecule has 0 unspecified atom stereocenters. The van der Waals surface area contributed by atoms with Crippen molar-refractivity contribution in [3.05, 3.63) is 38.0 Å². The van der Waals surface area contributed by atoms with Crippen LogP contribution in [-0.4, -0.2) is 0 Å². The van der Waals surface area contributed by atoms with Crippen molar-refractivity contribution in [1.29, 1.82) is 0 Å². The summed E-state index contributed by atoms with van der Waals surface area (Å²) < 4.78 is 0. The van der Waals surface area contributed by atoms with Crippen LogP contribution >= 0.6 is 0 Å². The van der Waals surface area contributed by atoms with E-state index in [1.165, 1.54) is 12.8 Å². The first kappa shape index (κ1) is 10.2. The lowest BCUT2D eigenvalue weighted by atomic mass is 9.98. The molecule has 0 aromatic heterocycles. The fraction of sp³-hybridized carbons (Fsp3) is 0.455. The van der Waals surface area contributed by atoms with Gasteiger partial charge in [-0.1, -0.05) is 18.2 Å². The van der Waals surface area contributed by atoms with Crippen LogP contribution in [0.4, 0.5) is 0 Å². The van der Waals surface area contributed by atoms with Gasteiger partial charge >= 0.3 is 0 Å². The summed E-state index contributed by atoms with van der Waals surface area (Å²) in [5.74, 6) is 0.644. The summed E-state index contributed by atoms with van der Waals surface area (Å²) in [5.41, 5.74) is 0. The van der Waals surface area contributed by atoms with Gasteiger partial charge in [-0.2, -0.15) is 0 Å². The molecule has 0 heterocycles. The van der Waals surface area contributed by atoms with E-state index >= 15 is 0 Å². The molecule has 0 aliphatic heterocycles. The Morgan fingerprint density at radius 3 is 1.64 bits per heavy atom. The van der Waals surface area contributed by atoms with Crippen molar-refractivity contribution in [1.82, 2.24) is 0 Å². The Bertz CT molecular complexity index is 110. The minimum absolute atomic E-state index is 0.644. The van der Waals surface area contributed by atoms with Crippen LogP contribution in [0.1, 0.15) is 25.7 Å². The van der Waals surface area contributed by atoms with Gasteiger partial charge in [0.05, 0.1) is 0 Å². The van der Waals surface area contributed by atoms with E-state index in [2.05, 4.69) is 19.7 Å². The van der Waals surface area contributed by atoms with E-state index in [9.17, 15) is 0 Å². The van der Waals surface area contributed by atoms with E-state index in [1.807, 2.05) is 18.2 Å². The first-order chi connectivity index (χ1) is 5.35. The molecule has 11 heavy (non-hydrogen) atoms. The number of allylic oxidation sites excluding steroid dienone is 3. The first-order valence-electron chi connectivity index (χ1n) is 4.19. The van der Waals surface area contributed by atoms with Gasteiger partial charge in [0.25, 0.3) is 0 Å². The van der Waals surface area contributed by atoms with Crippen molar-refractivity contribution in [2.45, 2.75) is 25.7 Å². The number of hydrogen-bond donors (Lipinski definition) is 0. The van der Waals surface area contributed by atoms with Crippen LogP contribution in [0.5, 0.6) is 0 Å². The molecule has 0 bridgehead atoms. The Hall–Kier alpha value is -0.780. The molecule has 0 amide bonds.